The lowest BCUT2D eigenvalue weighted by molar-refractivity contribution is -0.176. The Morgan fingerprint density at radius 2 is 2.00 bits per heavy atom. The Bertz CT molecular complexity index is 348. The van der Waals surface area contributed by atoms with Gasteiger partial charge < -0.3 is 9.84 Å². The van der Waals surface area contributed by atoms with E-state index in [2.05, 4.69) is 0 Å². The molecule has 0 amide bonds. The van der Waals surface area contributed by atoms with Gasteiger partial charge in [0.15, 0.2) is 0 Å². The summed E-state index contributed by atoms with van der Waals surface area (Å²) in [6.07, 6.45) is 0.559. The number of ether oxygens (including phenoxy) is 1. The minimum atomic E-state index is -0.711. The second kappa shape index (κ2) is 3.70. The van der Waals surface area contributed by atoms with Crippen LogP contribution in [0.25, 0.3) is 0 Å². The van der Waals surface area contributed by atoms with Gasteiger partial charge in [-0.1, -0.05) is 29.3 Å². The van der Waals surface area contributed by atoms with Crippen molar-refractivity contribution in [2.75, 3.05) is 13.2 Å². The first-order valence-electron chi connectivity index (χ1n) is 4.33. The normalized spacial score (nSPS) is 19.1. The highest BCUT2D eigenvalue weighted by molar-refractivity contribution is 6.42. The maximum atomic E-state index is 9.82. The predicted octanol–water partition coefficient (Wildman–Crippen LogP) is 2.30. The summed E-state index contributed by atoms with van der Waals surface area (Å²) in [5.41, 5.74) is 0.266. The van der Waals surface area contributed by atoms with Crippen LogP contribution in [0.5, 0.6) is 0 Å². The molecule has 1 aromatic rings. The fourth-order valence-corrected chi connectivity index (χ4v) is 1.79. The van der Waals surface area contributed by atoms with Crippen LogP contribution >= 0.6 is 23.2 Å². The Kier molecular flexibility index (Phi) is 2.71. The van der Waals surface area contributed by atoms with Crippen molar-refractivity contribution < 1.29 is 9.84 Å². The standard InChI is InChI=1S/C10H10Cl2O2/c11-8-2-1-7(3-9(8)12)4-10(13)5-14-6-10/h1-3,13H,4-6H2. The van der Waals surface area contributed by atoms with E-state index in [9.17, 15) is 5.11 Å². The first-order chi connectivity index (χ1) is 6.59. The summed E-state index contributed by atoms with van der Waals surface area (Å²) in [7, 11) is 0. The molecule has 0 saturated carbocycles. The fourth-order valence-electron chi connectivity index (χ4n) is 1.47. The molecule has 1 aromatic carbocycles. The first kappa shape index (κ1) is 10.2. The number of hydrogen-bond acceptors (Lipinski definition) is 2. The summed E-state index contributed by atoms with van der Waals surface area (Å²) < 4.78 is 4.95. The van der Waals surface area contributed by atoms with E-state index in [-0.39, 0.29) is 0 Å². The Morgan fingerprint density at radius 3 is 2.50 bits per heavy atom. The number of benzene rings is 1. The van der Waals surface area contributed by atoms with E-state index in [1.807, 2.05) is 6.07 Å². The van der Waals surface area contributed by atoms with Crippen molar-refractivity contribution >= 4 is 23.2 Å². The largest absolute Gasteiger partial charge is 0.385 e. The van der Waals surface area contributed by atoms with Crippen molar-refractivity contribution in [1.82, 2.24) is 0 Å². The molecule has 1 heterocycles. The van der Waals surface area contributed by atoms with E-state index in [0.29, 0.717) is 29.7 Å². The third-order valence-electron chi connectivity index (χ3n) is 2.26. The van der Waals surface area contributed by atoms with Crippen molar-refractivity contribution in [2.24, 2.45) is 0 Å². The summed E-state index contributed by atoms with van der Waals surface area (Å²) in [6, 6.07) is 5.38. The number of rotatable bonds is 2. The highest BCUT2D eigenvalue weighted by atomic mass is 35.5. The second-order valence-corrected chi connectivity index (χ2v) is 4.46. The van der Waals surface area contributed by atoms with E-state index in [4.69, 9.17) is 27.9 Å². The van der Waals surface area contributed by atoms with Crippen molar-refractivity contribution in [3.63, 3.8) is 0 Å². The molecule has 0 bridgehead atoms. The number of aliphatic hydroxyl groups is 1. The van der Waals surface area contributed by atoms with Gasteiger partial charge in [-0.25, -0.2) is 0 Å². The Morgan fingerprint density at radius 1 is 1.29 bits per heavy atom. The van der Waals surface area contributed by atoms with Crippen LogP contribution in [0, 0.1) is 0 Å². The van der Waals surface area contributed by atoms with Crippen LogP contribution in [0.15, 0.2) is 18.2 Å². The summed E-state index contributed by atoms with van der Waals surface area (Å²) in [5.74, 6) is 0. The molecule has 0 spiro atoms. The van der Waals surface area contributed by atoms with Gasteiger partial charge in [-0.3, -0.25) is 0 Å². The zero-order valence-corrected chi connectivity index (χ0v) is 8.98. The van der Waals surface area contributed by atoms with Crippen LogP contribution in [0.4, 0.5) is 0 Å². The molecule has 0 unspecified atom stereocenters. The van der Waals surface area contributed by atoms with Gasteiger partial charge in [0.2, 0.25) is 0 Å². The molecule has 1 N–H and O–H groups in total. The molecule has 1 fully saturated rings. The van der Waals surface area contributed by atoms with Crippen LogP contribution in [-0.2, 0) is 11.2 Å². The SMILES string of the molecule is OC1(Cc2ccc(Cl)c(Cl)c2)COC1. The number of halogens is 2. The predicted molar refractivity (Wildman–Crippen MR) is 55.9 cm³/mol. The van der Waals surface area contributed by atoms with Gasteiger partial charge in [0.25, 0.3) is 0 Å². The van der Waals surface area contributed by atoms with Crippen LogP contribution in [0.1, 0.15) is 5.56 Å². The van der Waals surface area contributed by atoms with Gasteiger partial charge in [0.1, 0.15) is 5.60 Å². The van der Waals surface area contributed by atoms with Gasteiger partial charge in [-0.2, -0.15) is 0 Å². The quantitative estimate of drug-likeness (QED) is 0.849. The molecule has 4 heteroatoms. The minimum Gasteiger partial charge on any atom is -0.385 e. The van der Waals surface area contributed by atoms with Gasteiger partial charge in [-0.15, -0.1) is 0 Å². The molecular formula is C10H10Cl2O2. The van der Waals surface area contributed by atoms with E-state index in [1.54, 1.807) is 12.1 Å². The smallest absolute Gasteiger partial charge is 0.115 e. The Hall–Kier alpha value is -0.280. The molecule has 0 aromatic heterocycles. The average Bonchev–Trinajstić information content (AvgIpc) is 2.09. The molecule has 1 saturated heterocycles. The Labute approximate surface area is 92.4 Å². The van der Waals surface area contributed by atoms with E-state index < -0.39 is 5.60 Å². The molecule has 76 valence electrons. The van der Waals surface area contributed by atoms with Crippen LogP contribution in [-0.4, -0.2) is 23.9 Å². The molecule has 0 aliphatic carbocycles. The van der Waals surface area contributed by atoms with Crippen molar-refractivity contribution in [3.05, 3.63) is 33.8 Å². The van der Waals surface area contributed by atoms with E-state index >= 15 is 0 Å². The lowest BCUT2D eigenvalue weighted by Gasteiger charge is -2.36. The average molecular weight is 233 g/mol. The van der Waals surface area contributed by atoms with Crippen LogP contribution in [0.2, 0.25) is 10.0 Å². The van der Waals surface area contributed by atoms with Gasteiger partial charge in [0.05, 0.1) is 23.3 Å². The fraction of sp³-hybridized carbons (Fsp3) is 0.400. The highest BCUT2D eigenvalue weighted by Crippen LogP contribution is 2.27. The Balaban J connectivity index is 2.13. The maximum absolute atomic E-state index is 9.82. The third kappa shape index (κ3) is 2.04. The summed E-state index contributed by atoms with van der Waals surface area (Å²) >= 11 is 11.6. The molecule has 14 heavy (non-hydrogen) atoms. The third-order valence-corrected chi connectivity index (χ3v) is 3.00. The molecule has 2 nitrogen and oxygen atoms in total. The van der Waals surface area contributed by atoms with Crippen LogP contribution < -0.4 is 0 Å². The summed E-state index contributed by atoms with van der Waals surface area (Å²) in [4.78, 5) is 0. The molecule has 0 radical (unpaired) electrons. The lowest BCUT2D eigenvalue weighted by atomic mass is 9.93. The second-order valence-electron chi connectivity index (χ2n) is 3.64. The van der Waals surface area contributed by atoms with Gasteiger partial charge in [0, 0.05) is 6.42 Å². The minimum absolute atomic E-state index is 0.396. The van der Waals surface area contributed by atoms with E-state index in [1.165, 1.54) is 0 Å². The molecule has 0 atom stereocenters. The molecular weight excluding hydrogens is 223 g/mol. The first-order valence-corrected chi connectivity index (χ1v) is 5.09. The highest BCUT2D eigenvalue weighted by Gasteiger charge is 2.36. The summed E-state index contributed by atoms with van der Waals surface area (Å²) in [5, 5.41) is 10.9. The zero-order chi connectivity index (χ0) is 10.2. The monoisotopic (exact) mass is 232 g/mol. The van der Waals surface area contributed by atoms with Gasteiger partial charge in [-0.05, 0) is 17.7 Å². The topological polar surface area (TPSA) is 29.5 Å². The maximum Gasteiger partial charge on any atom is 0.115 e. The van der Waals surface area contributed by atoms with Crippen molar-refractivity contribution in [1.29, 1.82) is 0 Å². The van der Waals surface area contributed by atoms with Gasteiger partial charge >= 0.3 is 0 Å². The summed E-state index contributed by atoms with van der Waals surface area (Å²) in [6.45, 7) is 0.792. The lowest BCUT2D eigenvalue weighted by Crippen LogP contribution is -2.51. The molecule has 1 aliphatic rings. The molecule has 2 rings (SSSR count). The number of hydrogen-bond donors (Lipinski definition) is 1. The van der Waals surface area contributed by atoms with Crippen molar-refractivity contribution in [2.45, 2.75) is 12.0 Å². The van der Waals surface area contributed by atoms with Crippen molar-refractivity contribution in [3.8, 4) is 0 Å². The van der Waals surface area contributed by atoms with Crippen LogP contribution in [0.3, 0.4) is 0 Å². The zero-order valence-electron chi connectivity index (χ0n) is 7.46. The molecule has 1 aliphatic heterocycles. The van der Waals surface area contributed by atoms with E-state index in [0.717, 1.165) is 5.56 Å².